The van der Waals surface area contributed by atoms with Crippen LogP contribution in [0, 0.1) is 6.92 Å². The number of anilines is 2. The Labute approximate surface area is 244 Å². The molecule has 4 rings (SSSR count). The van der Waals surface area contributed by atoms with Crippen LogP contribution in [0.5, 0.6) is 5.75 Å². The zero-order valence-electron chi connectivity index (χ0n) is 23.0. The Bertz CT molecular complexity index is 1550. The fourth-order valence-corrected chi connectivity index (χ4v) is 4.73. The molecule has 0 aliphatic heterocycles. The molecular formula is C33H31N3O4S. The summed E-state index contributed by atoms with van der Waals surface area (Å²) in [6, 6.07) is 30.7. The molecule has 4 aromatic carbocycles. The van der Waals surface area contributed by atoms with Crippen molar-refractivity contribution in [3.63, 3.8) is 0 Å². The summed E-state index contributed by atoms with van der Waals surface area (Å²) < 4.78 is 5.21. The van der Waals surface area contributed by atoms with Gasteiger partial charge in [-0.25, -0.2) is 0 Å². The second kappa shape index (κ2) is 14.0. The van der Waals surface area contributed by atoms with E-state index in [2.05, 4.69) is 16.0 Å². The van der Waals surface area contributed by atoms with Crippen molar-refractivity contribution in [3.05, 3.63) is 126 Å². The van der Waals surface area contributed by atoms with Crippen molar-refractivity contribution < 1.29 is 19.1 Å². The van der Waals surface area contributed by atoms with Crippen LogP contribution in [0.2, 0.25) is 0 Å². The normalized spacial score (nSPS) is 11.7. The second-order valence-corrected chi connectivity index (χ2v) is 10.6. The number of hydrogen-bond donors (Lipinski definition) is 3. The number of carbonyl (C=O) groups is 3. The summed E-state index contributed by atoms with van der Waals surface area (Å²) in [5.74, 6) is -0.310. The van der Waals surface area contributed by atoms with Gasteiger partial charge in [-0.15, -0.1) is 11.8 Å². The van der Waals surface area contributed by atoms with Crippen molar-refractivity contribution in [2.75, 3.05) is 17.7 Å². The van der Waals surface area contributed by atoms with Gasteiger partial charge in [-0.2, -0.15) is 0 Å². The Hall–Kier alpha value is -4.82. The number of carbonyl (C=O) groups excluding carboxylic acids is 3. The molecule has 0 saturated heterocycles. The van der Waals surface area contributed by atoms with Crippen LogP contribution in [0.15, 0.2) is 114 Å². The molecule has 3 amide bonds. The highest BCUT2D eigenvalue weighted by Gasteiger charge is 2.17. The number of aryl methyl sites for hydroxylation is 1. The van der Waals surface area contributed by atoms with Crippen molar-refractivity contribution in [2.45, 2.75) is 24.0 Å². The summed E-state index contributed by atoms with van der Waals surface area (Å²) >= 11 is 1.40. The van der Waals surface area contributed by atoms with E-state index in [1.54, 1.807) is 61.7 Å². The average Bonchev–Trinajstić information content (AvgIpc) is 2.99. The first-order valence-corrected chi connectivity index (χ1v) is 13.9. The molecule has 0 aliphatic carbocycles. The molecule has 7 nitrogen and oxygen atoms in total. The van der Waals surface area contributed by atoms with Crippen LogP contribution in [0.3, 0.4) is 0 Å². The van der Waals surface area contributed by atoms with E-state index in [4.69, 9.17) is 4.74 Å². The fraction of sp³-hybridized carbons (Fsp3) is 0.121. The van der Waals surface area contributed by atoms with Gasteiger partial charge < -0.3 is 20.7 Å². The maximum Gasteiger partial charge on any atom is 0.272 e. The highest BCUT2D eigenvalue weighted by molar-refractivity contribution is 8.00. The quantitative estimate of drug-likeness (QED) is 0.150. The molecule has 0 fully saturated rings. The first-order valence-electron chi connectivity index (χ1n) is 13.0. The van der Waals surface area contributed by atoms with Crippen LogP contribution in [-0.4, -0.2) is 30.1 Å². The molecule has 0 aromatic heterocycles. The predicted octanol–water partition coefficient (Wildman–Crippen LogP) is 6.53. The first kappa shape index (κ1) is 29.2. The van der Waals surface area contributed by atoms with Crippen LogP contribution >= 0.6 is 11.8 Å². The van der Waals surface area contributed by atoms with Crippen molar-refractivity contribution in [1.29, 1.82) is 0 Å². The van der Waals surface area contributed by atoms with Gasteiger partial charge in [0.05, 0.1) is 12.4 Å². The molecule has 0 aliphatic rings. The van der Waals surface area contributed by atoms with Crippen molar-refractivity contribution in [1.82, 2.24) is 5.32 Å². The first-order chi connectivity index (χ1) is 19.8. The lowest BCUT2D eigenvalue weighted by Crippen LogP contribution is -2.30. The summed E-state index contributed by atoms with van der Waals surface area (Å²) in [5, 5.41) is 8.16. The molecular weight excluding hydrogens is 534 g/mol. The zero-order chi connectivity index (χ0) is 29.2. The maximum absolute atomic E-state index is 13.3. The number of thioether (sulfide) groups is 1. The lowest BCUT2D eigenvalue weighted by molar-refractivity contribution is -0.115. The van der Waals surface area contributed by atoms with Gasteiger partial charge >= 0.3 is 0 Å². The summed E-state index contributed by atoms with van der Waals surface area (Å²) in [4.78, 5) is 39.7. The average molecular weight is 566 g/mol. The number of methoxy groups -OCH3 is 1. The van der Waals surface area contributed by atoms with Gasteiger partial charge in [-0.05, 0) is 79.6 Å². The monoisotopic (exact) mass is 565 g/mol. The molecule has 0 saturated carbocycles. The van der Waals surface area contributed by atoms with Crippen LogP contribution in [0.25, 0.3) is 6.08 Å². The van der Waals surface area contributed by atoms with Crippen LogP contribution in [0.4, 0.5) is 11.4 Å². The van der Waals surface area contributed by atoms with E-state index < -0.39 is 5.91 Å². The predicted molar refractivity (Wildman–Crippen MR) is 165 cm³/mol. The smallest absolute Gasteiger partial charge is 0.272 e. The molecule has 0 radical (unpaired) electrons. The van der Waals surface area contributed by atoms with Crippen molar-refractivity contribution >= 4 is 46.9 Å². The third-order valence-corrected chi connectivity index (χ3v) is 7.26. The second-order valence-electron chi connectivity index (χ2n) is 9.19. The standard InChI is InChI=1S/C33H31N3O4S/c1-22-10-7-8-13-25(22)20-30(36-32(38)24-11-5-4-6-12-24)33(39)34-26-16-18-29(19-17-26)41-23(2)31(37)35-27-14-9-15-28(21-27)40-3/h4-21,23H,1-3H3,(H,34,39)(H,35,37)(H,36,38)/b30-20-. The third kappa shape index (κ3) is 8.33. The largest absolute Gasteiger partial charge is 0.497 e. The SMILES string of the molecule is COc1cccc(NC(=O)C(C)Sc2ccc(NC(=O)/C(=C/c3ccccc3C)NC(=O)c3ccccc3)cc2)c1. The molecule has 208 valence electrons. The van der Waals surface area contributed by atoms with E-state index in [0.717, 1.165) is 16.0 Å². The highest BCUT2D eigenvalue weighted by atomic mass is 32.2. The maximum atomic E-state index is 13.3. The Morgan fingerprint density at radius 1 is 0.805 bits per heavy atom. The molecule has 0 spiro atoms. The minimum atomic E-state index is -0.455. The molecule has 1 unspecified atom stereocenters. The van der Waals surface area contributed by atoms with E-state index in [9.17, 15) is 14.4 Å². The lowest BCUT2D eigenvalue weighted by atomic mass is 10.1. The summed E-state index contributed by atoms with van der Waals surface area (Å²) in [6.45, 7) is 3.77. The van der Waals surface area contributed by atoms with Gasteiger partial charge in [0, 0.05) is 27.9 Å². The van der Waals surface area contributed by atoms with Gasteiger partial charge in [0.2, 0.25) is 5.91 Å². The number of amides is 3. The molecule has 4 aromatic rings. The van der Waals surface area contributed by atoms with Gasteiger partial charge in [-0.1, -0.05) is 48.5 Å². The molecule has 8 heteroatoms. The Kier molecular flexibility index (Phi) is 9.96. The van der Waals surface area contributed by atoms with E-state index in [-0.39, 0.29) is 22.8 Å². The van der Waals surface area contributed by atoms with Crippen LogP contribution < -0.4 is 20.7 Å². The molecule has 41 heavy (non-hydrogen) atoms. The number of hydrogen-bond acceptors (Lipinski definition) is 5. The Morgan fingerprint density at radius 2 is 1.51 bits per heavy atom. The minimum absolute atomic E-state index is 0.120. The number of nitrogens with one attached hydrogen (secondary N) is 3. The van der Waals surface area contributed by atoms with Crippen LogP contribution in [0.1, 0.15) is 28.4 Å². The Balaban J connectivity index is 1.43. The van der Waals surface area contributed by atoms with Gasteiger partial charge in [-0.3, -0.25) is 14.4 Å². The van der Waals surface area contributed by atoms with Gasteiger partial charge in [0.25, 0.3) is 11.8 Å². The van der Waals surface area contributed by atoms with Gasteiger partial charge in [0.1, 0.15) is 11.4 Å². The van der Waals surface area contributed by atoms with E-state index in [1.807, 2.05) is 68.4 Å². The minimum Gasteiger partial charge on any atom is -0.497 e. The summed E-state index contributed by atoms with van der Waals surface area (Å²) in [6.07, 6.45) is 1.67. The van der Waals surface area contributed by atoms with Crippen molar-refractivity contribution in [2.24, 2.45) is 0 Å². The van der Waals surface area contributed by atoms with E-state index >= 15 is 0 Å². The summed E-state index contributed by atoms with van der Waals surface area (Å²) in [5.41, 5.74) is 3.57. The van der Waals surface area contributed by atoms with E-state index in [1.165, 1.54) is 11.8 Å². The third-order valence-electron chi connectivity index (χ3n) is 6.15. The number of ether oxygens (including phenoxy) is 1. The van der Waals surface area contributed by atoms with E-state index in [0.29, 0.717) is 22.7 Å². The van der Waals surface area contributed by atoms with Crippen LogP contribution in [-0.2, 0) is 9.59 Å². The highest BCUT2D eigenvalue weighted by Crippen LogP contribution is 2.26. The molecule has 1 atom stereocenters. The number of rotatable bonds is 10. The molecule has 3 N–H and O–H groups in total. The van der Waals surface area contributed by atoms with Gasteiger partial charge in [0.15, 0.2) is 0 Å². The van der Waals surface area contributed by atoms with Crippen molar-refractivity contribution in [3.8, 4) is 5.75 Å². The molecule has 0 heterocycles. The topological polar surface area (TPSA) is 96.5 Å². The molecule has 0 bridgehead atoms. The zero-order valence-corrected chi connectivity index (χ0v) is 23.8. The number of benzene rings is 4. The fourth-order valence-electron chi connectivity index (χ4n) is 3.86. The summed E-state index contributed by atoms with van der Waals surface area (Å²) in [7, 11) is 1.58. The lowest BCUT2D eigenvalue weighted by Gasteiger charge is -2.14. The Morgan fingerprint density at radius 3 is 2.22 bits per heavy atom.